The Bertz CT molecular complexity index is 1100. The van der Waals surface area contributed by atoms with Crippen LogP contribution in [0.2, 0.25) is 0 Å². The molecule has 2 aliphatic heterocycles. The number of rotatable bonds is 6. The zero-order chi connectivity index (χ0) is 21.9. The molecule has 1 saturated carbocycles. The molecule has 5 rings (SSSR count). The highest BCUT2D eigenvalue weighted by Gasteiger charge is 2.56. The van der Waals surface area contributed by atoms with Crippen molar-refractivity contribution in [2.24, 2.45) is 24.8 Å². The maximum absolute atomic E-state index is 11.9. The number of hydrogen-bond acceptors (Lipinski definition) is 6. The first-order valence-electron chi connectivity index (χ1n) is 10.4. The summed E-state index contributed by atoms with van der Waals surface area (Å²) in [5.74, 6) is 3.89. The monoisotopic (exact) mass is 421 g/mol. The second-order valence-corrected chi connectivity index (χ2v) is 8.46. The number of methoxy groups -OCH3 is 1. The number of carbonyl (C=O) groups is 1. The molecule has 1 amide bonds. The summed E-state index contributed by atoms with van der Waals surface area (Å²) in [4.78, 5) is 20.6. The Morgan fingerprint density at radius 3 is 2.81 bits per heavy atom. The molecule has 2 fully saturated rings. The van der Waals surface area contributed by atoms with Gasteiger partial charge in [0.15, 0.2) is 5.82 Å². The number of hydrogen-bond donors (Lipinski definition) is 1. The number of ether oxygens (including phenoxy) is 1. The molecule has 0 aromatic carbocycles. The summed E-state index contributed by atoms with van der Waals surface area (Å²) < 4.78 is 9.17. The highest BCUT2D eigenvalue weighted by atomic mass is 16.5. The van der Waals surface area contributed by atoms with Crippen molar-refractivity contribution in [1.82, 2.24) is 29.1 Å². The smallest absolute Gasteiger partial charge is 0.256 e. The molecule has 4 heterocycles. The summed E-state index contributed by atoms with van der Waals surface area (Å²) in [6.45, 7) is 12.5. The maximum Gasteiger partial charge on any atom is 0.256 e. The third kappa shape index (κ3) is 3.11. The van der Waals surface area contributed by atoms with Crippen LogP contribution < -0.4 is 10.1 Å². The van der Waals surface area contributed by atoms with Crippen molar-refractivity contribution in [3.8, 4) is 5.88 Å². The molecule has 1 N–H and O–H groups in total. The van der Waals surface area contributed by atoms with Gasteiger partial charge < -0.3 is 19.9 Å². The number of imidazole rings is 1. The number of nitrogens with one attached hydrogen (secondary N) is 1. The van der Waals surface area contributed by atoms with Crippen LogP contribution in [0.25, 0.3) is 11.5 Å². The molecule has 0 spiro atoms. The number of amides is 1. The van der Waals surface area contributed by atoms with Crippen LogP contribution in [0.5, 0.6) is 5.88 Å². The average molecular weight is 422 g/mol. The molecule has 2 atom stereocenters. The Kier molecular flexibility index (Phi) is 4.42. The van der Waals surface area contributed by atoms with Gasteiger partial charge in [-0.25, -0.2) is 4.98 Å². The van der Waals surface area contributed by atoms with Gasteiger partial charge in [0.1, 0.15) is 11.5 Å². The predicted octanol–water partition coefficient (Wildman–Crippen LogP) is 1.98. The second kappa shape index (κ2) is 7.04. The topological polar surface area (TPSA) is 80.5 Å². The molecule has 2 unspecified atom stereocenters. The minimum atomic E-state index is 0.0313. The molecule has 9 heteroatoms. The zero-order valence-electron chi connectivity index (χ0n) is 18.1. The molecular formula is C22H27N7O2. The quantitative estimate of drug-likeness (QED) is 0.719. The Morgan fingerprint density at radius 1 is 1.39 bits per heavy atom. The van der Waals surface area contributed by atoms with Crippen molar-refractivity contribution < 1.29 is 9.53 Å². The van der Waals surface area contributed by atoms with Crippen molar-refractivity contribution in [2.75, 3.05) is 32.1 Å². The van der Waals surface area contributed by atoms with Crippen LogP contribution in [0.3, 0.4) is 0 Å². The van der Waals surface area contributed by atoms with Crippen LogP contribution in [0.1, 0.15) is 11.5 Å². The van der Waals surface area contributed by atoms with Crippen LogP contribution in [0, 0.1) is 24.7 Å². The highest BCUT2D eigenvalue weighted by molar-refractivity contribution is 5.87. The number of likely N-dealkylation sites (tertiary alicyclic amines) is 1. The number of anilines is 1. The van der Waals surface area contributed by atoms with E-state index in [-0.39, 0.29) is 5.91 Å². The van der Waals surface area contributed by atoms with E-state index in [1.807, 2.05) is 31.3 Å². The number of carbonyl (C=O) groups excluding carboxylic acids is 1. The normalized spacial score (nSPS) is 23.9. The maximum atomic E-state index is 11.9. The third-order valence-corrected chi connectivity index (χ3v) is 6.58. The lowest BCUT2D eigenvalue weighted by Crippen LogP contribution is -2.33. The van der Waals surface area contributed by atoms with Crippen molar-refractivity contribution in [2.45, 2.75) is 6.92 Å². The fourth-order valence-corrected chi connectivity index (χ4v) is 4.92. The Morgan fingerprint density at radius 2 is 2.13 bits per heavy atom. The molecule has 1 saturated heterocycles. The van der Waals surface area contributed by atoms with Gasteiger partial charge in [-0.05, 0) is 30.8 Å². The second-order valence-electron chi connectivity index (χ2n) is 8.46. The Balaban J connectivity index is 1.38. The fourth-order valence-electron chi connectivity index (χ4n) is 4.92. The van der Waals surface area contributed by atoms with Gasteiger partial charge >= 0.3 is 0 Å². The standard InChI is InChI=1S/C22H27N7O2/c1-6-20(30)28-9-16-15(17(16)10-28)8-27-12-18(21-23-7-13(2)29(21)14(27)3)24-19-11-26(4)25-22(19)31-5/h6-7,11-12,15-17,24H,1,3,8-10H2,2,4-5H3. The van der Waals surface area contributed by atoms with Crippen LogP contribution in [-0.4, -0.2) is 61.8 Å². The van der Waals surface area contributed by atoms with Gasteiger partial charge in [0.2, 0.25) is 5.91 Å². The predicted molar refractivity (Wildman–Crippen MR) is 118 cm³/mol. The van der Waals surface area contributed by atoms with Gasteiger partial charge in [0.05, 0.1) is 19.0 Å². The largest absolute Gasteiger partial charge is 0.478 e. The first-order chi connectivity index (χ1) is 14.9. The van der Waals surface area contributed by atoms with E-state index >= 15 is 0 Å². The molecule has 2 aromatic rings. The van der Waals surface area contributed by atoms with E-state index in [4.69, 9.17) is 4.74 Å². The van der Waals surface area contributed by atoms with Gasteiger partial charge in [-0.1, -0.05) is 13.2 Å². The number of piperidine rings is 1. The Hall–Kier alpha value is -3.49. The van der Waals surface area contributed by atoms with E-state index in [0.717, 1.165) is 48.4 Å². The highest BCUT2D eigenvalue weighted by Crippen LogP contribution is 2.52. The molecule has 31 heavy (non-hydrogen) atoms. The molecule has 1 aliphatic carbocycles. The summed E-state index contributed by atoms with van der Waals surface area (Å²) in [6, 6.07) is 0. The first-order valence-corrected chi connectivity index (χ1v) is 10.4. The molecule has 3 aliphatic rings. The van der Waals surface area contributed by atoms with Crippen molar-refractivity contribution in [1.29, 1.82) is 0 Å². The zero-order valence-corrected chi connectivity index (χ0v) is 18.1. The minimum Gasteiger partial charge on any atom is -0.478 e. The lowest BCUT2D eigenvalue weighted by molar-refractivity contribution is -0.125. The number of nitrogens with zero attached hydrogens (tertiary/aromatic N) is 6. The van der Waals surface area contributed by atoms with E-state index in [9.17, 15) is 4.79 Å². The average Bonchev–Trinajstić information content (AvgIpc) is 3.16. The molecule has 9 nitrogen and oxygen atoms in total. The lowest BCUT2D eigenvalue weighted by atomic mass is 10.2. The lowest BCUT2D eigenvalue weighted by Gasteiger charge is -2.32. The summed E-state index contributed by atoms with van der Waals surface area (Å²) in [5, 5.41) is 7.76. The summed E-state index contributed by atoms with van der Waals surface area (Å²) in [6.07, 6.45) is 7.20. The minimum absolute atomic E-state index is 0.0313. The van der Waals surface area contributed by atoms with Crippen LogP contribution in [0.15, 0.2) is 37.8 Å². The van der Waals surface area contributed by atoms with E-state index in [1.165, 1.54) is 6.08 Å². The summed E-state index contributed by atoms with van der Waals surface area (Å²) in [5.41, 5.74) is 2.66. The van der Waals surface area contributed by atoms with Crippen molar-refractivity contribution in [3.05, 3.63) is 49.3 Å². The summed E-state index contributed by atoms with van der Waals surface area (Å²) in [7, 11) is 3.46. The Labute approximate surface area is 181 Å². The van der Waals surface area contributed by atoms with E-state index in [1.54, 1.807) is 11.8 Å². The number of aryl methyl sites for hydroxylation is 2. The van der Waals surface area contributed by atoms with Crippen molar-refractivity contribution in [3.63, 3.8) is 0 Å². The van der Waals surface area contributed by atoms with Gasteiger partial charge in [0, 0.05) is 44.8 Å². The molecule has 0 radical (unpaired) electrons. The van der Waals surface area contributed by atoms with Gasteiger partial charge in [-0.3, -0.25) is 14.0 Å². The van der Waals surface area contributed by atoms with Gasteiger partial charge in [-0.15, -0.1) is 5.10 Å². The van der Waals surface area contributed by atoms with Gasteiger partial charge in [0.25, 0.3) is 5.88 Å². The van der Waals surface area contributed by atoms with Gasteiger partial charge in [-0.2, -0.15) is 0 Å². The van der Waals surface area contributed by atoms with Crippen molar-refractivity contribution >= 4 is 23.1 Å². The van der Waals surface area contributed by atoms with E-state index in [2.05, 4.69) is 44.2 Å². The number of fused-ring (bicyclic) bond motifs is 2. The SMILES string of the molecule is C=CC(=O)N1CC2C(CN3C=C(Nc4cn(C)nc4OC)c4ncc(C)n4C3=C)C2C1. The van der Waals surface area contributed by atoms with Crippen LogP contribution in [-0.2, 0) is 11.8 Å². The molecule has 0 bridgehead atoms. The molecule has 162 valence electrons. The van der Waals surface area contributed by atoms with E-state index in [0.29, 0.717) is 23.6 Å². The first kappa shape index (κ1) is 19.5. The third-order valence-electron chi connectivity index (χ3n) is 6.58. The molecular weight excluding hydrogens is 394 g/mol. The summed E-state index contributed by atoms with van der Waals surface area (Å²) >= 11 is 0. The van der Waals surface area contributed by atoms with Crippen LogP contribution in [0.4, 0.5) is 5.69 Å². The fraction of sp³-hybridized carbons (Fsp3) is 0.409. The molecule has 2 aromatic heterocycles. The van der Waals surface area contributed by atoms with E-state index < -0.39 is 0 Å². The number of aromatic nitrogens is 4. The van der Waals surface area contributed by atoms with Crippen LogP contribution >= 0.6 is 0 Å².